The minimum Gasteiger partial charge on any atom is -0.493 e. The van der Waals surface area contributed by atoms with Gasteiger partial charge < -0.3 is 20.5 Å². The summed E-state index contributed by atoms with van der Waals surface area (Å²) in [6, 6.07) is 5.58. The maximum atomic E-state index is 11.7. The highest BCUT2D eigenvalue weighted by atomic mass is 35.5. The van der Waals surface area contributed by atoms with Gasteiger partial charge in [-0.2, -0.15) is 0 Å². The molecular weight excluding hydrogens is 304 g/mol. The lowest BCUT2D eigenvalue weighted by Crippen LogP contribution is -2.46. The van der Waals surface area contributed by atoms with Gasteiger partial charge in [0, 0.05) is 12.1 Å². The third-order valence-electron chi connectivity index (χ3n) is 2.71. The van der Waals surface area contributed by atoms with Crippen LogP contribution in [-0.4, -0.2) is 31.7 Å². The number of halogens is 1. The molecule has 0 atom stereocenters. The summed E-state index contributed by atoms with van der Waals surface area (Å²) < 4.78 is 10.8. The zero-order valence-electron chi connectivity index (χ0n) is 13.3. The molecule has 0 aliphatic rings. The van der Waals surface area contributed by atoms with Crippen LogP contribution in [0.25, 0.3) is 0 Å². The molecule has 22 heavy (non-hydrogen) atoms. The van der Waals surface area contributed by atoms with Crippen molar-refractivity contribution in [3.05, 3.63) is 36.4 Å². The van der Waals surface area contributed by atoms with Crippen LogP contribution in [0.15, 0.2) is 30.9 Å². The number of amides is 1. The summed E-state index contributed by atoms with van der Waals surface area (Å²) >= 11 is 0. The highest BCUT2D eigenvalue weighted by Crippen LogP contribution is 2.28. The van der Waals surface area contributed by atoms with Gasteiger partial charge in [0.2, 0.25) is 0 Å². The fraction of sp³-hybridized carbons (Fsp3) is 0.438. The number of rotatable bonds is 8. The number of carbonyl (C=O) groups excluding carboxylic acids is 1. The van der Waals surface area contributed by atoms with E-state index in [9.17, 15) is 4.79 Å². The van der Waals surface area contributed by atoms with Crippen molar-refractivity contribution in [3.8, 4) is 11.5 Å². The van der Waals surface area contributed by atoms with Crippen LogP contribution >= 0.6 is 12.4 Å². The molecule has 1 aromatic rings. The first-order valence-electron chi connectivity index (χ1n) is 6.82. The first-order valence-corrected chi connectivity index (χ1v) is 6.82. The Morgan fingerprint density at radius 2 is 2.09 bits per heavy atom. The standard InChI is InChI=1S/C16H24N2O3.ClH/c1-5-6-12-7-8-13(14(9-12)20-4)21-10-15(19)18-11-16(2,3)17;/h5,7-9H,1,6,10-11,17H2,2-4H3,(H,18,19);1H. The van der Waals surface area contributed by atoms with E-state index < -0.39 is 5.54 Å². The zero-order valence-corrected chi connectivity index (χ0v) is 14.2. The third-order valence-corrected chi connectivity index (χ3v) is 2.71. The Labute approximate surface area is 138 Å². The van der Waals surface area contributed by atoms with Crippen LogP contribution in [0, 0.1) is 0 Å². The van der Waals surface area contributed by atoms with Crippen LogP contribution in [0.4, 0.5) is 0 Å². The van der Waals surface area contributed by atoms with E-state index >= 15 is 0 Å². The first-order chi connectivity index (χ1) is 9.85. The van der Waals surface area contributed by atoms with Crippen molar-refractivity contribution in [1.82, 2.24) is 5.32 Å². The molecule has 0 fully saturated rings. The summed E-state index contributed by atoms with van der Waals surface area (Å²) in [6.45, 7) is 7.70. The number of nitrogens with two attached hydrogens (primary N) is 1. The van der Waals surface area contributed by atoms with Crippen LogP contribution in [0.1, 0.15) is 19.4 Å². The van der Waals surface area contributed by atoms with Gasteiger partial charge in [-0.05, 0) is 38.0 Å². The van der Waals surface area contributed by atoms with Gasteiger partial charge >= 0.3 is 0 Å². The molecular formula is C16H25ClN2O3. The van der Waals surface area contributed by atoms with Gasteiger partial charge in [0.1, 0.15) is 0 Å². The molecule has 0 bridgehead atoms. The van der Waals surface area contributed by atoms with E-state index in [1.165, 1.54) is 0 Å². The van der Waals surface area contributed by atoms with Gasteiger partial charge in [0.15, 0.2) is 18.1 Å². The Kier molecular flexibility index (Phi) is 8.60. The SMILES string of the molecule is C=CCc1ccc(OCC(=O)NCC(C)(C)N)c(OC)c1.Cl. The summed E-state index contributed by atoms with van der Waals surface area (Å²) in [6.07, 6.45) is 2.57. The number of benzene rings is 1. The fourth-order valence-electron chi connectivity index (χ4n) is 1.65. The van der Waals surface area contributed by atoms with Crippen LogP contribution in [0.2, 0.25) is 0 Å². The molecule has 0 saturated carbocycles. The van der Waals surface area contributed by atoms with E-state index in [0.717, 1.165) is 12.0 Å². The lowest BCUT2D eigenvalue weighted by Gasteiger charge is -2.19. The molecule has 0 aliphatic heterocycles. The molecule has 3 N–H and O–H groups in total. The number of hydrogen-bond acceptors (Lipinski definition) is 4. The number of ether oxygens (including phenoxy) is 2. The summed E-state index contributed by atoms with van der Waals surface area (Å²) in [5, 5.41) is 2.72. The van der Waals surface area contributed by atoms with Crippen LogP contribution in [0.5, 0.6) is 11.5 Å². The second-order valence-electron chi connectivity index (χ2n) is 5.53. The van der Waals surface area contributed by atoms with Crippen LogP contribution < -0.4 is 20.5 Å². The Balaban J connectivity index is 0.00000441. The van der Waals surface area contributed by atoms with E-state index in [1.807, 2.05) is 32.1 Å². The average molecular weight is 329 g/mol. The van der Waals surface area contributed by atoms with Crippen molar-refractivity contribution in [2.75, 3.05) is 20.3 Å². The maximum Gasteiger partial charge on any atom is 0.258 e. The monoisotopic (exact) mass is 328 g/mol. The molecule has 1 aromatic carbocycles. The highest BCUT2D eigenvalue weighted by Gasteiger charge is 2.13. The Morgan fingerprint density at radius 1 is 1.41 bits per heavy atom. The second kappa shape index (κ2) is 9.33. The Bertz CT molecular complexity index is 499. The number of nitrogens with one attached hydrogen (secondary N) is 1. The molecule has 5 nitrogen and oxygen atoms in total. The normalized spacial score (nSPS) is 10.4. The third kappa shape index (κ3) is 7.33. The molecule has 0 spiro atoms. The lowest BCUT2D eigenvalue weighted by molar-refractivity contribution is -0.123. The second-order valence-corrected chi connectivity index (χ2v) is 5.53. The van der Waals surface area contributed by atoms with Gasteiger partial charge in [0.25, 0.3) is 5.91 Å². The predicted molar refractivity (Wildman–Crippen MR) is 90.9 cm³/mol. The highest BCUT2D eigenvalue weighted by molar-refractivity contribution is 5.85. The molecule has 1 amide bonds. The fourth-order valence-corrected chi connectivity index (χ4v) is 1.65. The summed E-state index contributed by atoms with van der Waals surface area (Å²) in [5.41, 5.74) is 6.43. The van der Waals surface area contributed by atoms with Crippen molar-refractivity contribution < 1.29 is 14.3 Å². The maximum absolute atomic E-state index is 11.7. The van der Waals surface area contributed by atoms with Crippen LogP contribution in [0.3, 0.4) is 0 Å². The van der Waals surface area contributed by atoms with Crippen molar-refractivity contribution in [1.29, 1.82) is 0 Å². The quantitative estimate of drug-likeness (QED) is 0.717. The number of methoxy groups -OCH3 is 1. The molecule has 0 heterocycles. The average Bonchev–Trinajstić information content (AvgIpc) is 2.43. The van der Waals surface area contributed by atoms with Crippen molar-refractivity contribution in [2.45, 2.75) is 25.8 Å². The van der Waals surface area contributed by atoms with Gasteiger partial charge in [-0.3, -0.25) is 4.79 Å². The number of hydrogen-bond donors (Lipinski definition) is 2. The van der Waals surface area contributed by atoms with Crippen molar-refractivity contribution in [3.63, 3.8) is 0 Å². The first kappa shape index (κ1) is 20.3. The van der Waals surface area contributed by atoms with E-state index in [2.05, 4.69) is 11.9 Å². The molecule has 6 heteroatoms. The Morgan fingerprint density at radius 3 is 2.64 bits per heavy atom. The van der Waals surface area contributed by atoms with Crippen molar-refractivity contribution >= 4 is 18.3 Å². The number of allylic oxidation sites excluding steroid dienone is 1. The molecule has 0 unspecified atom stereocenters. The lowest BCUT2D eigenvalue weighted by atomic mass is 10.1. The topological polar surface area (TPSA) is 73.6 Å². The molecule has 0 aliphatic carbocycles. The minimum absolute atomic E-state index is 0. The molecule has 0 saturated heterocycles. The van der Waals surface area contributed by atoms with Crippen molar-refractivity contribution in [2.24, 2.45) is 5.73 Å². The van der Waals surface area contributed by atoms with Gasteiger partial charge in [-0.1, -0.05) is 12.1 Å². The van der Waals surface area contributed by atoms with E-state index in [0.29, 0.717) is 18.0 Å². The van der Waals surface area contributed by atoms with Gasteiger partial charge in [0.05, 0.1) is 7.11 Å². The molecule has 0 aromatic heterocycles. The smallest absolute Gasteiger partial charge is 0.258 e. The molecule has 0 radical (unpaired) electrons. The number of carbonyl (C=O) groups is 1. The summed E-state index contributed by atoms with van der Waals surface area (Å²) in [7, 11) is 1.57. The summed E-state index contributed by atoms with van der Waals surface area (Å²) in [4.78, 5) is 11.7. The van der Waals surface area contributed by atoms with E-state index in [4.69, 9.17) is 15.2 Å². The van der Waals surface area contributed by atoms with Crippen LogP contribution in [-0.2, 0) is 11.2 Å². The van der Waals surface area contributed by atoms with Gasteiger partial charge in [-0.15, -0.1) is 19.0 Å². The van der Waals surface area contributed by atoms with E-state index in [1.54, 1.807) is 13.2 Å². The minimum atomic E-state index is -0.445. The predicted octanol–water partition coefficient (Wildman–Crippen LogP) is 2.08. The Hall–Kier alpha value is -1.72. The molecule has 124 valence electrons. The zero-order chi connectivity index (χ0) is 15.9. The van der Waals surface area contributed by atoms with E-state index in [-0.39, 0.29) is 24.9 Å². The largest absolute Gasteiger partial charge is 0.493 e. The molecule has 1 rings (SSSR count). The summed E-state index contributed by atoms with van der Waals surface area (Å²) in [5.74, 6) is 0.916. The van der Waals surface area contributed by atoms with Gasteiger partial charge in [-0.25, -0.2) is 0 Å².